The van der Waals surface area contributed by atoms with Crippen LogP contribution in [0.25, 0.3) is 0 Å². The summed E-state index contributed by atoms with van der Waals surface area (Å²) in [5.74, 6) is 0.684. The molecule has 0 fully saturated rings. The van der Waals surface area contributed by atoms with Crippen LogP contribution in [0.1, 0.15) is 22.7 Å². The van der Waals surface area contributed by atoms with Gasteiger partial charge in [0.15, 0.2) is 5.96 Å². The van der Waals surface area contributed by atoms with Gasteiger partial charge in [0.25, 0.3) is 0 Å². The molecule has 14 heavy (non-hydrogen) atoms. The molecule has 0 aliphatic carbocycles. The fourth-order valence-electron chi connectivity index (χ4n) is 1.79. The Morgan fingerprint density at radius 3 is 3.00 bits per heavy atom. The Hall–Kier alpha value is -1.03. The number of nitrogens with zero attached hydrogens (tertiary/aromatic N) is 2. The van der Waals surface area contributed by atoms with E-state index in [0.29, 0.717) is 12.0 Å². The van der Waals surface area contributed by atoms with Crippen LogP contribution >= 0.6 is 11.3 Å². The molecule has 2 N–H and O–H groups in total. The summed E-state index contributed by atoms with van der Waals surface area (Å²) in [6.07, 6.45) is 0. The lowest BCUT2D eigenvalue weighted by Crippen LogP contribution is -2.35. The highest BCUT2D eigenvalue weighted by Gasteiger charge is 2.26. The van der Waals surface area contributed by atoms with E-state index in [1.807, 2.05) is 11.3 Å². The van der Waals surface area contributed by atoms with Gasteiger partial charge in [-0.2, -0.15) is 0 Å². The first-order valence-corrected chi connectivity index (χ1v) is 5.67. The van der Waals surface area contributed by atoms with E-state index in [1.54, 1.807) is 0 Å². The summed E-state index contributed by atoms with van der Waals surface area (Å²) in [5.41, 5.74) is 5.80. The van der Waals surface area contributed by atoms with Crippen molar-refractivity contribution < 1.29 is 0 Å². The smallest absolute Gasteiger partial charge is 0.191 e. The van der Waals surface area contributed by atoms with Gasteiger partial charge in [0.05, 0.1) is 12.6 Å². The zero-order valence-corrected chi connectivity index (χ0v) is 9.34. The molecule has 0 amide bonds. The molecule has 1 atom stereocenters. The quantitative estimate of drug-likeness (QED) is 0.806. The van der Waals surface area contributed by atoms with E-state index in [0.717, 1.165) is 13.1 Å². The zero-order valence-electron chi connectivity index (χ0n) is 8.53. The Morgan fingerprint density at radius 1 is 1.64 bits per heavy atom. The molecule has 1 aliphatic heterocycles. The van der Waals surface area contributed by atoms with Crippen LogP contribution in [-0.2, 0) is 0 Å². The monoisotopic (exact) mass is 209 g/mol. The molecular formula is C10H15N3S. The number of aliphatic imine (C=N–C) groups is 1. The van der Waals surface area contributed by atoms with E-state index in [1.165, 1.54) is 9.75 Å². The Morgan fingerprint density at radius 2 is 2.43 bits per heavy atom. The number of likely N-dealkylation sites (N-methyl/N-ethyl adjacent to an activating group) is 1. The highest BCUT2D eigenvalue weighted by Crippen LogP contribution is 2.30. The van der Waals surface area contributed by atoms with Crippen LogP contribution in [0.5, 0.6) is 0 Å². The van der Waals surface area contributed by atoms with Crippen molar-refractivity contribution in [2.75, 3.05) is 13.1 Å². The molecular weight excluding hydrogens is 194 g/mol. The lowest BCUT2D eigenvalue weighted by atomic mass is 10.2. The van der Waals surface area contributed by atoms with Gasteiger partial charge in [0.2, 0.25) is 0 Å². The first kappa shape index (κ1) is 9.52. The van der Waals surface area contributed by atoms with E-state index in [-0.39, 0.29) is 0 Å². The van der Waals surface area contributed by atoms with Crippen LogP contribution in [0.4, 0.5) is 0 Å². The summed E-state index contributed by atoms with van der Waals surface area (Å²) >= 11 is 1.84. The predicted molar refractivity (Wildman–Crippen MR) is 60.7 cm³/mol. The molecule has 1 aliphatic rings. The first-order chi connectivity index (χ1) is 6.72. The van der Waals surface area contributed by atoms with E-state index in [2.05, 4.69) is 35.9 Å². The highest BCUT2D eigenvalue weighted by molar-refractivity contribution is 7.12. The normalized spacial score (nSPS) is 21.4. The zero-order chi connectivity index (χ0) is 10.1. The fraction of sp³-hybridized carbons (Fsp3) is 0.500. The van der Waals surface area contributed by atoms with Crippen LogP contribution in [-0.4, -0.2) is 23.9 Å². The number of rotatable bonds is 2. The van der Waals surface area contributed by atoms with Crippen LogP contribution in [0.15, 0.2) is 17.1 Å². The molecule has 3 nitrogen and oxygen atoms in total. The first-order valence-electron chi connectivity index (χ1n) is 4.85. The highest BCUT2D eigenvalue weighted by atomic mass is 32.1. The van der Waals surface area contributed by atoms with Crippen molar-refractivity contribution in [3.8, 4) is 0 Å². The van der Waals surface area contributed by atoms with Gasteiger partial charge in [-0.25, -0.2) is 0 Å². The average Bonchev–Trinajstić information content (AvgIpc) is 2.71. The SMILES string of the molecule is CCN1C(N)=NCC1c1ccc(C)s1. The Balaban J connectivity index is 2.21. The molecule has 1 aromatic rings. The minimum Gasteiger partial charge on any atom is -0.370 e. The predicted octanol–water partition coefficient (Wildman–Crippen LogP) is 1.75. The number of nitrogens with two attached hydrogens (primary N) is 1. The van der Waals surface area contributed by atoms with Crippen molar-refractivity contribution >= 4 is 17.3 Å². The summed E-state index contributed by atoms with van der Waals surface area (Å²) in [4.78, 5) is 9.16. The van der Waals surface area contributed by atoms with Gasteiger partial charge in [0.1, 0.15) is 0 Å². The van der Waals surface area contributed by atoms with Gasteiger partial charge in [-0.1, -0.05) is 0 Å². The van der Waals surface area contributed by atoms with Gasteiger partial charge < -0.3 is 10.6 Å². The lowest BCUT2D eigenvalue weighted by Gasteiger charge is -2.23. The number of hydrogen-bond acceptors (Lipinski definition) is 4. The van der Waals surface area contributed by atoms with Crippen LogP contribution in [0, 0.1) is 6.92 Å². The molecule has 0 aromatic carbocycles. The minimum atomic E-state index is 0.374. The summed E-state index contributed by atoms with van der Waals surface area (Å²) in [5, 5.41) is 0. The largest absolute Gasteiger partial charge is 0.370 e. The summed E-state index contributed by atoms with van der Waals surface area (Å²) < 4.78 is 0. The number of guanidine groups is 1. The second kappa shape index (κ2) is 3.61. The molecule has 76 valence electrons. The molecule has 0 spiro atoms. The topological polar surface area (TPSA) is 41.6 Å². The van der Waals surface area contributed by atoms with Gasteiger partial charge in [-0.15, -0.1) is 11.3 Å². The maximum atomic E-state index is 5.80. The number of aryl methyl sites for hydroxylation is 1. The van der Waals surface area contributed by atoms with Crippen LogP contribution in [0.2, 0.25) is 0 Å². The molecule has 0 bridgehead atoms. The van der Waals surface area contributed by atoms with E-state index < -0.39 is 0 Å². The Kier molecular flexibility index (Phi) is 2.46. The molecule has 4 heteroatoms. The Bertz CT molecular complexity index is 356. The molecule has 0 saturated heterocycles. The van der Waals surface area contributed by atoms with E-state index in [4.69, 9.17) is 5.73 Å². The molecule has 1 unspecified atom stereocenters. The molecule has 0 saturated carbocycles. The van der Waals surface area contributed by atoms with Crippen molar-refractivity contribution in [2.24, 2.45) is 10.7 Å². The Labute approximate surface area is 88.3 Å². The van der Waals surface area contributed by atoms with Gasteiger partial charge in [-0.05, 0) is 26.0 Å². The second-order valence-electron chi connectivity index (χ2n) is 3.45. The van der Waals surface area contributed by atoms with Gasteiger partial charge >= 0.3 is 0 Å². The van der Waals surface area contributed by atoms with Crippen molar-refractivity contribution in [3.63, 3.8) is 0 Å². The molecule has 2 heterocycles. The average molecular weight is 209 g/mol. The van der Waals surface area contributed by atoms with E-state index >= 15 is 0 Å². The van der Waals surface area contributed by atoms with Crippen molar-refractivity contribution in [1.29, 1.82) is 0 Å². The van der Waals surface area contributed by atoms with Crippen LogP contribution < -0.4 is 5.73 Å². The molecule has 1 aromatic heterocycles. The maximum Gasteiger partial charge on any atom is 0.191 e. The fourth-order valence-corrected chi connectivity index (χ4v) is 2.77. The van der Waals surface area contributed by atoms with Gasteiger partial charge in [0, 0.05) is 16.3 Å². The van der Waals surface area contributed by atoms with Gasteiger partial charge in [-0.3, -0.25) is 4.99 Å². The van der Waals surface area contributed by atoms with Crippen molar-refractivity contribution in [3.05, 3.63) is 21.9 Å². The lowest BCUT2D eigenvalue weighted by molar-refractivity contribution is 0.369. The third kappa shape index (κ3) is 1.50. The molecule has 0 radical (unpaired) electrons. The summed E-state index contributed by atoms with van der Waals surface area (Å²) in [6, 6.07) is 4.71. The molecule has 2 rings (SSSR count). The minimum absolute atomic E-state index is 0.374. The summed E-state index contributed by atoms with van der Waals surface area (Å²) in [7, 11) is 0. The van der Waals surface area contributed by atoms with Crippen molar-refractivity contribution in [1.82, 2.24) is 4.90 Å². The summed E-state index contributed by atoms with van der Waals surface area (Å²) in [6.45, 7) is 5.97. The van der Waals surface area contributed by atoms with Crippen LogP contribution in [0.3, 0.4) is 0 Å². The van der Waals surface area contributed by atoms with E-state index in [9.17, 15) is 0 Å². The second-order valence-corrected chi connectivity index (χ2v) is 4.77. The standard InChI is InChI=1S/C10H15N3S/c1-3-13-8(6-12-10(13)11)9-5-4-7(2)14-9/h4-5,8H,3,6H2,1-2H3,(H2,11,12). The number of hydrogen-bond donors (Lipinski definition) is 1. The number of thiophene rings is 1. The maximum absolute atomic E-state index is 5.80. The van der Waals surface area contributed by atoms with Crippen molar-refractivity contribution in [2.45, 2.75) is 19.9 Å². The third-order valence-electron chi connectivity index (χ3n) is 2.53. The third-order valence-corrected chi connectivity index (χ3v) is 3.63.